The molecule has 0 saturated carbocycles. The fraction of sp³-hybridized carbons (Fsp3) is 0.190. The Balaban J connectivity index is 1.52. The predicted molar refractivity (Wildman–Crippen MR) is 110 cm³/mol. The van der Waals surface area contributed by atoms with Crippen LogP contribution >= 0.6 is 0 Å². The third-order valence-corrected chi connectivity index (χ3v) is 3.99. The summed E-state index contributed by atoms with van der Waals surface area (Å²) < 4.78 is 16.0. The number of methoxy groups -OCH3 is 2. The second-order valence-electron chi connectivity index (χ2n) is 5.89. The van der Waals surface area contributed by atoms with Crippen molar-refractivity contribution < 1.29 is 19.0 Å². The maximum absolute atomic E-state index is 12.5. The molecule has 0 aliphatic rings. The van der Waals surface area contributed by atoms with Gasteiger partial charge in [-0.25, -0.2) is 9.97 Å². The van der Waals surface area contributed by atoms with Crippen molar-refractivity contribution in [2.75, 3.05) is 38.0 Å². The van der Waals surface area contributed by atoms with Gasteiger partial charge in [0.05, 0.1) is 26.5 Å². The van der Waals surface area contributed by atoms with Crippen molar-refractivity contribution in [3.05, 3.63) is 66.6 Å². The summed E-state index contributed by atoms with van der Waals surface area (Å²) in [6.07, 6.45) is 1.34. The molecule has 0 radical (unpaired) electrons. The standard InChI is InChI=1S/C21H22N4O4/c1-27-15-7-9-16(10-8-15)29-12-11-22-20-13-18(23-14-24-20)21(26)25-17-5-3-4-6-19(17)28-2/h3-10,13-14H,11-12H2,1-2H3,(H,25,26)(H,22,23,24). The molecule has 1 amide bonds. The molecule has 2 N–H and O–H groups in total. The van der Waals surface area contributed by atoms with Crippen molar-refractivity contribution in [3.63, 3.8) is 0 Å². The number of ether oxygens (including phenoxy) is 3. The van der Waals surface area contributed by atoms with E-state index in [1.807, 2.05) is 36.4 Å². The minimum atomic E-state index is -0.352. The molecule has 3 aromatic rings. The Morgan fingerprint density at radius 3 is 2.48 bits per heavy atom. The fourth-order valence-corrected chi connectivity index (χ4v) is 2.53. The number of amides is 1. The largest absolute Gasteiger partial charge is 0.497 e. The average molecular weight is 394 g/mol. The molecular formula is C21H22N4O4. The number of nitrogens with one attached hydrogen (secondary N) is 2. The number of carbonyl (C=O) groups is 1. The molecule has 0 aliphatic carbocycles. The smallest absolute Gasteiger partial charge is 0.274 e. The number of nitrogens with zero attached hydrogens (tertiary/aromatic N) is 2. The van der Waals surface area contributed by atoms with E-state index in [9.17, 15) is 4.79 Å². The van der Waals surface area contributed by atoms with Crippen LogP contribution in [0.4, 0.5) is 11.5 Å². The minimum Gasteiger partial charge on any atom is -0.497 e. The molecule has 0 unspecified atom stereocenters. The van der Waals surface area contributed by atoms with E-state index in [0.29, 0.717) is 30.4 Å². The van der Waals surface area contributed by atoms with Gasteiger partial charge in [0.15, 0.2) is 0 Å². The van der Waals surface area contributed by atoms with Gasteiger partial charge in [-0.1, -0.05) is 12.1 Å². The van der Waals surface area contributed by atoms with Crippen molar-refractivity contribution in [3.8, 4) is 17.2 Å². The molecule has 0 spiro atoms. The minimum absolute atomic E-state index is 0.240. The fourth-order valence-electron chi connectivity index (χ4n) is 2.53. The van der Waals surface area contributed by atoms with Gasteiger partial charge < -0.3 is 24.8 Å². The third-order valence-electron chi connectivity index (χ3n) is 3.99. The van der Waals surface area contributed by atoms with Crippen LogP contribution in [-0.4, -0.2) is 43.2 Å². The highest BCUT2D eigenvalue weighted by Gasteiger charge is 2.11. The lowest BCUT2D eigenvalue weighted by molar-refractivity contribution is 0.102. The molecule has 1 heterocycles. The van der Waals surface area contributed by atoms with Crippen LogP contribution in [0.3, 0.4) is 0 Å². The molecule has 150 valence electrons. The van der Waals surface area contributed by atoms with Crippen LogP contribution in [0.5, 0.6) is 17.2 Å². The summed E-state index contributed by atoms with van der Waals surface area (Å²) in [5, 5.41) is 5.90. The first-order chi connectivity index (χ1) is 14.2. The summed E-state index contributed by atoms with van der Waals surface area (Å²) in [4.78, 5) is 20.6. The Morgan fingerprint density at radius 2 is 1.72 bits per heavy atom. The van der Waals surface area contributed by atoms with Crippen LogP contribution in [0.2, 0.25) is 0 Å². The Hall–Kier alpha value is -3.81. The molecule has 8 nitrogen and oxygen atoms in total. The molecule has 0 atom stereocenters. The zero-order valence-electron chi connectivity index (χ0n) is 16.2. The number of aromatic nitrogens is 2. The van der Waals surface area contributed by atoms with Crippen LogP contribution < -0.4 is 24.8 Å². The van der Waals surface area contributed by atoms with E-state index < -0.39 is 0 Å². The molecule has 0 saturated heterocycles. The normalized spacial score (nSPS) is 10.1. The molecule has 0 bridgehead atoms. The summed E-state index contributed by atoms with van der Waals surface area (Å²) in [5.74, 6) is 2.27. The van der Waals surface area contributed by atoms with E-state index in [0.717, 1.165) is 11.5 Å². The van der Waals surface area contributed by atoms with Gasteiger partial charge in [0, 0.05) is 6.07 Å². The summed E-state index contributed by atoms with van der Waals surface area (Å²) >= 11 is 0. The van der Waals surface area contributed by atoms with Crippen molar-refractivity contribution in [2.24, 2.45) is 0 Å². The van der Waals surface area contributed by atoms with E-state index in [-0.39, 0.29) is 11.6 Å². The highest BCUT2D eigenvalue weighted by atomic mass is 16.5. The van der Waals surface area contributed by atoms with Gasteiger partial charge in [-0.3, -0.25) is 4.79 Å². The van der Waals surface area contributed by atoms with E-state index in [1.54, 1.807) is 32.4 Å². The number of carbonyl (C=O) groups excluding carboxylic acids is 1. The van der Waals surface area contributed by atoms with Gasteiger partial charge in [0.1, 0.15) is 41.7 Å². The van der Waals surface area contributed by atoms with Gasteiger partial charge in [0.25, 0.3) is 5.91 Å². The van der Waals surface area contributed by atoms with Gasteiger partial charge in [0.2, 0.25) is 0 Å². The molecule has 8 heteroatoms. The average Bonchev–Trinajstić information content (AvgIpc) is 2.77. The Kier molecular flexibility index (Phi) is 6.83. The molecule has 29 heavy (non-hydrogen) atoms. The number of benzene rings is 2. The van der Waals surface area contributed by atoms with Crippen LogP contribution in [0.1, 0.15) is 10.5 Å². The number of anilines is 2. The maximum Gasteiger partial charge on any atom is 0.274 e. The van der Waals surface area contributed by atoms with Crippen molar-refractivity contribution in [1.82, 2.24) is 9.97 Å². The lowest BCUT2D eigenvalue weighted by Crippen LogP contribution is -2.16. The highest BCUT2D eigenvalue weighted by Crippen LogP contribution is 2.23. The first kappa shape index (κ1) is 19.9. The molecule has 1 aromatic heterocycles. The van der Waals surface area contributed by atoms with Crippen molar-refractivity contribution >= 4 is 17.4 Å². The number of hydrogen-bond donors (Lipinski definition) is 2. The van der Waals surface area contributed by atoms with E-state index in [1.165, 1.54) is 6.33 Å². The van der Waals surface area contributed by atoms with Crippen molar-refractivity contribution in [1.29, 1.82) is 0 Å². The number of rotatable bonds is 9. The SMILES string of the molecule is COc1ccc(OCCNc2cc(C(=O)Nc3ccccc3OC)ncn2)cc1. The molecule has 0 fully saturated rings. The Bertz CT molecular complexity index is 947. The number of para-hydroxylation sites is 2. The highest BCUT2D eigenvalue weighted by molar-refractivity contribution is 6.04. The van der Waals surface area contributed by atoms with Crippen LogP contribution in [-0.2, 0) is 0 Å². The van der Waals surface area contributed by atoms with Crippen LogP contribution in [0.25, 0.3) is 0 Å². The van der Waals surface area contributed by atoms with Crippen molar-refractivity contribution in [2.45, 2.75) is 0 Å². The monoisotopic (exact) mass is 394 g/mol. The van der Waals surface area contributed by atoms with Crippen LogP contribution in [0, 0.1) is 0 Å². The first-order valence-electron chi connectivity index (χ1n) is 8.96. The quantitative estimate of drug-likeness (QED) is 0.538. The van der Waals surface area contributed by atoms with Gasteiger partial charge >= 0.3 is 0 Å². The van der Waals surface area contributed by atoms with E-state index in [4.69, 9.17) is 14.2 Å². The molecule has 2 aromatic carbocycles. The zero-order chi connectivity index (χ0) is 20.5. The van der Waals surface area contributed by atoms with Gasteiger partial charge in [-0.2, -0.15) is 0 Å². The molecule has 0 aliphatic heterocycles. The molecule has 3 rings (SSSR count). The second-order valence-corrected chi connectivity index (χ2v) is 5.89. The van der Waals surface area contributed by atoms with Gasteiger partial charge in [-0.15, -0.1) is 0 Å². The lowest BCUT2D eigenvalue weighted by atomic mass is 10.2. The zero-order valence-corrected chi connectivity index (χ0v) is 16.2. The maximum atomic E-state index is 12.5. The summed E-state index contributed by atoms with van der Waals surface area (Å²) in [5.41, 5.74) is 0.811. The summed E-state index contributed by atoms with van der Waals surface area (Å²) in [6.45, 7) is 0.940. The van der Waals surface area contributed by atoms with Crippen LogP contribution in [0.15, 0.2) is 60.9 Å². The first-order valence-corrected chi connectivity index (χ1v) is 8.96. The summed E-state index contributed by atoms with van der Waals surface area (Å²) in [7, 11) is 3.16. The third kappa shape index (κ3) is 5.58. The molecular weight excluding hydrogens is 372 g/mol. The lowest BCUT2D eigenvalue weighted by Gasteiger charge is -2.11. The van der Waals surface area contributed by atoms with E-state index >= 15 is 0 Å². The predicted octanol–water partition coefficient (Wildman–Crippen LogP) is 3.24. The Labute approximate surface area is 168 Å². The van der Waals surface area contributed by atoms with Gasteiger partial charge in [-0.05, 0) is 36.4 Å². The van der Waals surface area contributed by atoms with E-state index in [2.05, 4.69) is 20.6 Å². The Morgan fingerprint density at radius 1 is 0.966 bits per heavy atom. The topological polar surface area (TPSA) is 94.6 Å². The number of hydrogen-bond acceptors (Lipinski definition) is 7. The second kappa shape index (κ2) is 9.93. The summed E-state index contributed by atoms with van der Waals surface area (Å²) in [6, 6.07) is 16.1.